The van der Waals surface area contributed by atoms with Crippen molar-refractivity contribution < 1.29 is 35.6 Å². The van der Waals surface area contributed by atoms with Crippen molar-refractivity contribution in [3.8, 4) is 0 Å². The molecule has 0 heterocycles. The van der Waals surface area contributed by atoms with Crippen molar-refractivity contribution in [1.29, 1.82) is 0 Å². The second-order valence-electron chi connectivity index (χ2n) is 1.92. The Labute approximate surface area is 95.6 Å². The van der Waals surface area contributed by atoms with Gasteiger partial charge in [0.1, 0.15) is 0 Å². The summed E-state index contributed by atoms with van der Waals surface area (Å²) in [7, 11) is 0. The van der Waals surface area contributed by atoms with Gasteiger partial charge in [-0.05, 0) is 0 Å². The molecule has 0 aromatic heterocycles. The summed E-state index contributed by atoms with van der Waals surface area (Å²) >= 11 is 0. The van der Waals surface area contributed by atoms with Crippen LogP contribution in [0.1, 0.15) is 0 Å². The summed E-state index contributed by atoms with van der Waals surface area (Å²) < 4.78 is 0. The van der Waals surface area contributed by atoms with E-state index in [1.165, 1.54) is 0 Å². The quantitative estimate of drug-likeness (QED) is 0.645. The molecular weight excluding hydrogens is 259 g/mol. The van der Waals surface area contributed by atoms with Crippen LogP contribution in [-0.4, -0.2) is 0 Å². The average molecular weight is 269 g/mol. The zero-order chi connectivity index (χ0) is 7.07. The molecule has 0 bridgehead atoms. The molecule has 0 saturated heterocycles. The Balaban J connectivity index is 0.000000167. The molecule has 1 radical (unpaired) electrons. The Morgan fingerprint density at radius 2 is 0.818 bits per heavy atom. The molecule has 2 aromatic rings. The zero-order valence-electron chi connectivity index (χ0n) is 6.35. The fraction of sp³-hybridized carbons (Fsp3) is 0. The predicted octanol–water partition coefficient (Wildman–Crippen LogP) is 2.81. The van der Waals surface area contributed by atoms with Crippen LogP contribution < -0.4 is 0 Å². The fourth-order valence-corrected chi connectivity index (χ4v) is 0.642. The summed E-state index contributed by atoms with van der Waals surface area (Å²) in [4.78, 5) is 0. The maximum Gasteiger partial charge on any atom is 0 e. The maximum atomic E-state index is 2.00. The van der Waals surface area contributed by atoms with Gasteiger partial charge in [-0.15, -0.1) is 0 Å². The molecule has 0 nitrogen and oxygen atoms in total. The van der Waals surface area contributed by atoms with Crippen LogP contribution in [0.2, 0.25) is 0 Å². The second-order valence-corrected chi connectivity index (χ2v) is 1.92. The minimum Gasteiger partial charge on any atom is -0.214 e. The van der Waals surface area contributed by atoms with E-state index in [-0.39, 0.29) is 35.6 Å². The van der Waals surface area contributed by atoms with Gasteiger partial charge in [0, 0.05) is 35.6 Å². The summed E-state index contributed by atoms with van der Waals surface area (Å²) in [6.45, 7) is 0. The third-order valence-corrected chi connectivity index (χ3v) is 1.11. The Kier molecular flexibility index (Phi) is 7.92. The largest absolute Gasteiger partial charge is 0.214 e. The van der Waals surface area contributed by atoms with E-state index in [0.717, 1.165) is 0 Å². The molecule has 0 fully saturated rings. The summed E-state index contributed by atoms with van der Waals surface area (Å²) in [5.74, 6) is 0. The van der Waals surface area contributed by atoms with Crippen molar-refractivity contribution in [2.24, 2.45) is 0 Å². The van der Waals surface area contributed by atoms with Gasteiger partial charge in [-0.1, -0.05) is 0 Å². The monoisotopic (exact) mass is 269 g/mol. The molecule has 2 rings (SSSR count). The second kappa shape index (κ2) is 8.00. The van der Waals surface area contributed by atoms with E-state index in [1.54, 1.807) is 0 Å². The van der Waals surface area contributed by atoms with Gasteiger partial charge in [0.2, 0.25) is 0 Å². The molecule has 55 valence electrons. The van der Waals surface area contributed by atoms with Crippen LogP contribution in [0.15, 0.2) is 60.7 Å². The molecule has 0 N–H and O–H groups in total. The van der Waals surface area contributed by atoms with Gasteiger partial charge in [0.25, 0.3) is 0 Å². The van der Waals surface area contributed by atoms with Gasteiger partial charge in [-0.2, -0.15) is 36.4 Å². The van der Waals surface area contributed by atoms with E-state index < -0.39 is 0 Å². The number of hydrogen-bond acceptors (Lipinski definition) is 0. The van der Waals surface area contributed by atoms with Crippen molar-refractivity contribution in [3.63, 3.8) is 0 Å². The first-order valence-electron chi connectivity index (χ1n) is 3.33. The van der Waals surface area contributed by atoms with Crippen molar-refractivity contribution in [2.45, 2.75) is 0 Å². The molecule has 0 unspecified atom stereocenters. The molecular formula is C10H10La-2. The Bertz CT molecular complexity index is 144. The van der Waals surface area contributed by atoms with Crippen LogP contribution in [0.4, 0.5) is 0 Å². The van der Waals surface area contributed by atoms with Crippen LogP contribution in [-0.2, 0) is 0 Å². The molecule has 11 heavy (non-hydrogen) atoms. The summed E-state index contributed by atoms with van der Waals surface area (Å²) in [5.41, 5.74) is 0. The van der Waals surface area contributed by atoms with E-state index in [2.05, 4.69) is 0 Å². The van der Waals surface area contributed by atoms with Gasteiger partial charge in [-0.25, -0.2) is 24.3 Å². The normalized spacial score (nSPS) is 7.27. The molecule has 0 aliphatic carbocycles. The van der Waals surface area contributed by atoms with E-state index in [0.29, 0.717) is 0 Å². The van der Waals surface area contributed by atoms with Gasteiger partial charge < -0.3 is 0 Å². The molecule has 0 saturated carbocycles. The smallest absolute Gasteiger partial charge is 0 e. The number of hydrogen-bond donors (Lipinski definition) is 0. The Hall–Kier alpha value is -0.105. The first kappa shape index (κ1) is 10.9. The first-order valence-corrected chi connectivity index (χ1v) is 3.33. The Morgan fingerprint density at radius 1 is 0.545 bits per heavy atom. The molecule has 0 aliphatic heterocycles. The van der Waals surface area contributed by atoms with Crippen molar-refractivity contribution in [1.82, 2.24) is 0 Å². The van der Waals surface area contributed by atoms with Crippen LogP contribution >= 0.6 is 0 Å². The van der Waals surface area contributed by atoms with Gasteiger partial charge in [0.05, 0.1) is 0 Å². The third kappa shape index (κ3) is 6.30. The summed E-state index contributed by atoms with van der Waals surface area (Å²) in [6, 6.07) is 20.0. The van der Waals surface area contributed by atoms with Crippen LogP contribution in [0, 0.1) is 35.6 Å². The van der Waals surface area contributed by atoms with Crippen molar-refractivity contribution in [2.75, 3.05) is 0 Å². The summed E-state index contributed by atoms with van der Waals surface area (Å²) in [5, 5.41) is 0. The van der Waals surface area contributed by atoms with Gasteiger partial charge in [-0.3, -0.25) is 0 Å². The standard InChI is InChI=1S/2C5H5.La/c2*1-2-4-5-3-1;/h2*1-5H;/q2*-1;. The molecule has 0 spiro atoms. The summed E-state index contributed by atoms with van der Waals surface area (Å²) in [6.07, 6.45) is 0. The predicted molar refractivity (Wildman–Crippen MR) is 44.1 cm³/mol. The zero-order valence-corrected chi connectivity index (χ0v) is 9.98. The van der Waals surface area contributed by atoms with E-state index >= 15 is 0 Å². The van der Waals surface area contributed by atoms with Crippen molar-refractivity contribution in [3.05, 3.63) is 60.7 Å². The van der Waals surface area contributed by atoms with E-state index in [4.69, 9.17) is 0 Å². The molecule has 1 heteroatoms. The number of rotatable bonds is 0. The fourth-order valence-electron chi connectivity index (χ4n) is 0.642. The topological polar surface area (TPSA) is 0 Å². The maximum absolute atomic E-state index is 2.00. The van der Waals surface area contributed by atoms with Crippen LogP contribution in [0.5, 0.6) is 0 Å². The van der Waals surface area contributed by atoms with Crippen LogP contribution in [0.25, 0.3) is 0 Å². The molecule has 2 aromatic carbocycles. The minimum atomic E-state index is 0. The van der Waals surface area contributed by atoms with Crippen LogP contribution in [0.3, 0.4) is 0 Å². The SMILES string of the molecule is [La].c1cc[cH-]c1.c1cc[cH-]c1. The molecule has 0 aliphatic rings. The average Bonchev–Trinajstić information content (AvgIpc) is 2.67. The Morgan fingerprint density at radius 3 is 0.909 bits per heavy atom. The minimum absolute atomic E-state index is 0. The molecule has 0 atom stereocenters. The third-order valence-electron chi connectivity index (χ3n) is 1.11. The molecule has 0 amide bonds. The van der Waals surface area contributed by atoms with Gasteiger partial charge in [0.15, 0.2) is 0 Å². The van der Waals surface area contributed by atoms with Crippen molar-refractivity contribution >= 4 is 0 Å². The van der Waals surface area contributed by atoms with E-state index in [9.17, 15) is 0 Å². The van der Waals surface area contributed by atoms with Gasteiger partial charge >= 0.3 is 0 Å². The first-order chi connectivity index (χ1) is 5.00. The van der Waals surface area contributed by atoms with E-state index in [1.807, 2.05) is 60.7 Å².